The predicted octanol–water partition coefficient (Wildman–Crippen LogP) is 2.67. The molecule has 6 heteroatoms. The lowest BCUT2D eigenvalue weighted by Crippen LogP contribution is -2.12. The van der Waals surface area contributed by atoms with Gasteiger partial charge in [0.1, 0.15) is 5.69 Å². The summed E-state index contributed by atoms with van der Waals surface area (Å²) in [6, 6.07) is 7.70. The predicted molar refractivity (Wildman–Crippen MR) is 84.1 cm³/mol. The summed E-state index contributed by atoms with van der Waals surface area (Å²) in [5, 5.41) is 10.2. The molecule has 0 atom stereocenters. The highest BCUT2D eigenvalue weighted by Crippen LogP contribution is 2.20. The Kier molecular flexibility index (Phi) is 6.09. The Balaban J connectivity index is 1.88. The molecule has 0 unspecified atom stereocenters. The van der Waals surface area contributed by atoms with E-state index in [1.54, 1.807) is 0 Å². The molecule has 22 heavy (non-hydrogen) atoms. The van der Waals surface area contributed by atoms with Crippen LogP contribution in [0.15, 0.2) is 24.3 Å². The van der Waals surface area contributed by atoms with Gasteiger partial charge in [0.15, 0.2) is 5.69 Å². The zero-order valence-corrected chi connectivity index (χ0v) is 12.8. The lowest BCUT2D eigenvalue weighted by atomic mass is 10.1. The number of H-pyrrole nitrogens is 1. The number of carbonyl (C=O) groups excluding carboxylic acids is 1. The molecule has 1 aromatic heterocycles. The van der Waals surface area contributed by atoms with Gasteiger partial charge in [-0.3, -0.25) is 4.79 Å². The average Bonchev–Trinajstić information content (AvgIpc) is 3.01. The van der Waals surface area contributed by atoms with E-state index in [4.69, 9.17) is 10.5 Å². The maximum Gasteiger partial charge on any atom is 0.271 e. The summed E-state index contributed by atoms with van der Waals surface area (Å²) in [6.45, 7) is 3.58. The fourth-order valence-corrected chi connectivity index (χ4v) is 2.18. The largest absolute Gasteiger partial charge is 0.377 e. The van der Waals surface area contributed by atoms with Crippen LogP contribution in [0, 0.1) is 0 Å². The molecule has 0 aliphatic heterocycles. The van der Waals surface area contributed by atoms with Gasteiger partial charge >= 0.3 is 0 Å². The number of rotatable bonds is 9. The second-order valence-corrected chi connectivity index (χ2v) is 5.20. The molecule has 1 amide bonds. The lowest BCUT2D eigenvalue weighted by molar-refractivity contribution is 0.0996. The first-order valence-electron chi connectivity index (χ1n) is 7.60. The second-order valence-electron chi connectivity index (χ2n) is 5.20. The molecule has 0 spiro atoms. The number of nitrogens with zero attached hydrogens (tertiary/aromatic N) is 2. The molecule has 6 nitrogen and oxygen atoms in total. The van der Waals surface area contributed by atoms with Gasteiger partial charge in [-0.15, -0.1) is 0 Å². The third-order valence-corrected chi connectivity index (χ3v) is 3.42. The minimum absolute atomic E-state index is 0.153. The van der Waals surface area contributed by atoms with Gasteiger partial charge in [0.05, 0.1) is 6.61 Å². The quantitative estimate of drug-likeness (QED) is 0.696. The number of benzene rings is 1. The van der Waals surface area contributed by atoms with Gasteiger partial charge in [-0.25, -0.2) is 0 Å². The molecule has 1 heterocycles. The van der Waals surface area contributed by atoms with Crippen LogP contribution in [-0.2, 0) is 11.3 Å². The number of aromatic amines is 1. The van der Waals surface area contributed by atoms with E-state index in [-0.39, 0.29) is 5.69 Å². The summed E-state index contributed by atoms with van der Waals surface area (Å²) in [4.78, 5) is 11.3. The zero-order chi connectivity index (χ0) is 15.8. The van der Waals surface area contributed by atoms with Gasteiger partial charge < -0.3 is 10.5 Å². The molecule has 1 aromatic carbocycles. The molecule has 0 fully saturated rings. The van der Waals surface area contributed by atoms with E-state index in [0.29, 0.717) is 12.3 Å². The highest BCUT2D eigenvalue weighted by atomic mass is 16.5. The van der Waals surface area contributed by atoms with E-state index < -0.39 is 5.91 Å². The first kappa shape index (κ1) is 16.2. The minimum atomic E-state index is -0.594. The van der Waals surface area contributed by atoms with E-state index in [9.17, 15) is 4.79 Å². The van der Waals surface area contributed by atoms with Crippen LogP contribution in [0.1, 0.15) is 48.7 Å². The molecule has 3 N–H and O–H groups in total. The number of hydrogen-bond donors (Lipinski definition) is 2. The monoisotopic (exact) mass is 302 g/mol. The van der Waals surface area contributed by atoms with Gasteiger partial charge in [0.25, 0.3) is 5.91 Å². The summed E-state index contributed by atoms with van der Waals surface area (Å²) in [5.74, 6) is -0.594. The van der Waals surface area contributed by atoms with Crippen molar-refractivity contribution >= 4 is 5.91 Å². The van der Waals surface area contributed by atoms with E-state index in [1.807, 2.05) is 24.3 Å². The summed E-state index contributed by atoms with van der Waals surface area (Å²) >= 11 is 0. The van der Waals surface area contributed by atoms with Gasteiger partial charge in [0, 0.05) is 12.2 Å². The number of carbonyl (C=O) groups is 1. The molecule has 2 rings (SSSR count). The Labute approximate surface area is 130 Å². The highest BCUT2D eigenvalue weighted by molar-refractivity contribution is 5.96. The van der Waals surface area contributed by atoms with E-state index >= 15 is 0 Å². The van der Waals surface area contributed by atoms with Crippen molar-refractivity contribution in [1.82, 2.24) is 15.4 Å². The number of ether oxygens (including phenoxy) is 1. The van der Waals surface area contributed by atoms with Crippen molar-refractivity contribution < 1.29 is 9.53 Å². The summed E-state index contributed by atoms with van der Waals surface area (Å²) in [7, 11) is 0. The second kappa shape index (κ2) is 8.29. The van der Waals surface area contributed by atoms with Gasteiger partial charge in [-0.2, -0.15) is 15.4 Å². The van der Waals surface area contributed by atoms with Crippen LogP contribution in [-0.4, -0.2) is 27.9 Å². The number of unbranched alkanes of at least 4 members (excludes halogenated alkanes) is 3. The first-order valence-corrected chi connectivity index (χ1v) is 7.60. The maximum absolute atomic E-state index is 11.3. The topological polar surface area (TPSA) is 93.9 Å². The van der Waals surface area contributed by atoms with Crippen LogP contribution in [0.4, 0.5) is 0 Å². The van der Waals surface area contributed by atoms with Crippen molar-refractivity contribution in [3.8, 4) is 11.3 Å². The summed E-state index contributed by atoms with van der Waals surface area (Å²) < 4.78 is 5.65. The Morgan fingerprint density at radius 2 is 1.95 bits per heavy atom. The molecule has 0 saturated carbocycles. The lowest BCUT2D eigenvalue weighted by Gasteiger charge is -2.05. The van der Waals surface area contributed by atoms with Gasteiger partial charge in [0.2, 0.25) is 0 Å². The van der Waals surface area contributed by atoms with Crippen LogP contribution < -0.4 is 5.73 Å². The average molecular weight is 302 g/mol. The summed E-state index contributed by atoms with van der Waals surface area (Å²) in [6.07, 6.45) is 4.82. The Morgan fingerprint density at radius 3 is 2.64 bits per heavy atom. The van der Waals surface area contributed by atoms with Crippen LogP contribution >= 0.6 is 0 Å². The Bertz CT molecular complexity index is 592. The standard InChI is InChI=1S/C16H22N4O2/c1-2-3-4-5-10-22-11-12-6-8-13(9-7-12)14-15(16(17)21)19-20-18-14/h6-9H,2-5,10-11H2,1H3,(H2,17,21)(H,18,19,20). The minimum Gasteiger partial charge on any atom is -0.377 e. The SMILES string of the molecule is CCCCCCOCc1ccc(-c2n[nH]nc2C(N)=O)cc1. The highest BCUT2D eigenvalue weighted by Gasteiger charge is 2.14. The maximum atomic E-state index is 11.3. The van der Waals surface area contributed by atoms with E-state index in [2.05, 4.69) is 22.3 Å². The van der Waals surface area contributed by atoms with Crippen LogP contribution in [0.25, 0.3) is 11.3 Å². The zero-order valence-electron chi connectivity index (χ0n) is 12.8. The molecule has 0 radical (unpaired) electrons. The molecule has 0 saturated heterocycles. The summed E-state index contributed by atoms with van der Waals surface area (Å²) in [5.41, 5.74) is 7.77. The number of aromatic nitrogens is 3. The van der Waals surface area contributed by atoms with Crippen molar-refractivity contribution in [1.29, 1.82) is 0 Å². The van der Waals surface area contributed by atoms with Crippen LogP contribution in [0.5, 0.6) is 0 Å². The number of hydrogen-bond acceptors (Lipinski definition) is 4. The first-order chi connectivity index (χ1) is 10.7. The normalized spacial score (nSPS) is 10.8. The van der Waals surface area contributed by atoms with Crippen molar-refractivity contribution in [3.63, 3.8) is 0 Å². The molecule has 0 aliphatic rings. The molecule has 118 valence electrons. The Hall–Kier alpha value is -2.21. The molecule has 0 bridgehead atoms. The van der Waals surface area contributed by atoms with Gasteiger partial charge in [-0.1, -0.05) is 50.5 Å². The van der Waals surface area contributed by atoms with Gasteiger partial charge in [-0.05, 0) is 12.0 Å². The van der Waals surface area contributed by atoms with Crippen LogP contribution in [0.2, 0.25) is 0 Å². The van der Waals surface area contributed by atoms with Crippen molar-refractivity contribution in [3.05, 3.63) is 35.5 Å². The smallest absolute Gasteiger partial charge is 0.271 e. The number of nitrogens with one attached hydrogen (secondary N) is 1. The number of amides is 1. The third-order valence-electron chi connectivity index (χ3n) is 3.42. The van der Waals surface area contributed by atoms with Crippen molar-refractivity contribution in [2.24, 2.45) is 5.73 Å². The fraction of sp³-hybridized carbons (Fsp3) is 0.438. The van der Waals surface area contributed by atoms with E-state index in [1.165, 1.54) is 19.3 Å². The molecular weight excluding hydrogens is 280 g/mol. The molecule has 2 aromatic rings. The van der Waals surface area contributed by atoms with Crippen molar-refractivity contribution in [2.75, 3.05) is 6.61 Å². The van der Waals surface area contributed by atoms with Crippen molar-refractivity contribution in [2.45, 2.75) is 39.2 Å². The fourth-order valence-electron chi connectivity index (χ4n) is 2.18. The van der Waals surface area contributed by atoms with Crippen LogP contribution in [0.3, 0.4) is 0 Å². The number of nitrogens with two attached hydrogens (primary N) is 1. The number of primary amides is 1. The van der Waals surface area contributed by atoms with E-state index in [0.717, 1.165) is 24.2 Å². The third kappa shape index (κ3) is 4.39. The molecule has 0 aliphatic carbocycles. The molecular formula is C16H22N4O2. The Morgan fingerprint density at radius 1 is 1.18 bits per heavy atom.